The van der Waals surface area contributed by atoms with Gasteiger partial charge in [-0.05, 0) is 57.2 Å². The Balaban J connectivity index is 1.42. The summed E-state index contributed by atoms with van der Waals surface area (Å²) in [7, 11) is 1.69. The number of carbonyl (C=O) groups is 1. The lowest BCUT2D eigenvalue weighted by molar-refractivity contribution is -0.121. The molecule has 1 fully saturated rings. The van der Waals surface area contributed by atoms with Crippen molar-refractivity contribution in [3.8, 4) is 17.1 Å². The van der Waals surface area contributed by atoms with Crippen molar-refractivity contribution in [1.82, 2.24) is 25.0 Å². The van der Waals surface area contributed by atoms with E-state index in [0.29, 0.717) is 24.3 Å². The fourth-order valence-electron chi connectivity index (χ4n) is 4.47. The van der Waals surface area contributed by atoms with Gasteiger partial charge in [0.25, 0.3) is 0 Å². The molecule has 1 unspecified atom stereocenters. The number of nitrogens with zero attached hydrogens (tertiary/aromatic N) is 3. The van der Waals surface area contributed by atoms with E-state index in [9.17, 15) is 4.79 Å². The lowest BCUT2D eigenvalue weighted by Crippen LogP contribution is -2.37. The van der Waals surface area contributed by atoms with Crippen molar-refractivity contribution in [2.75, 3.05) is 26.7 Å². The minimum atomic E-state index is -0.00705. The molecule has 0 saturated carbocycles. The van der Waals surface area contributed by atoms with Crippen LogP contribution >= 0.6 is 12.2 Å². The molecule has 1 aliphatic rings. The maximum absolute atomic E-state index is 12.8. The monoisotopic (exact) mass is 465 g/mol. The van der Waals surface area contributed by atoms with Gasteiger partial charge in [-0.1, -0.05) is 42.0 Å². The molecule has 2 heterocycles. The first-order chi connectivity index (χ1) is 16.1. The minimum Gasteiger partial charge on any atom is -0.496 e. The van der Waals surface area contributed by atoms with Crippen LogP contribution in [0.4, 0.5) is 0 Å². The highest BCUT2D eigenvalue weighted by molar-refractivity contribution is 7.71. The number of benzene rings is 2. The second-order valence-electron chi connectivity index (χ2n) is 8.43. The Morgan fingerprint density at radius 2 is 2.00 bits per heavy atom. The molecule has 2 N–H and O–H groups in total. The number of ether oxygens (including phenoxy) is 1. The molecule has 2 aromatic carbocycles. The summed E-state index contributed by atoms with van der Waals surface area (Å²) < 4.78 is 8.01. The largest absolute Gasteiger partial charge is 0.496 e. The number of hydrogen-bond acceptors (Lipinski definition) is 5. The van der Waals surface area contributed by atoms with Gasteiger partial charge in [0.1, 0.15) is 5.75 Å². The van der Waals surface area contributed by atoms with Gasteiger partial charge < -0.3 is 10.1 Å². The number of aromatic amines is 1. The van der Waals surface area contributed by atoms with Crippen molar-refractivity contribution in [3.05, 3.63) is 64.4 Å². The van der Waals surface area contributed by atoms with Crippen molar-refractivity contribution in [1.29, 1.82) is 0 Å². The van der Waals surface area contributed by atoms with Gasteiger partial charge in [-0.15, -0.1) is 0 Å². The lowest BCUT2D eigenvalue weighted by atomic mass is 10.0. The van der Waals surface area contributed by atoms with Gasteiger partial charge in [-0.25, -0.2) is 0 Å². The van der Waals surface area contributed by atoms with Crippen LogP contribution in [0.3, 0.4) is 0 Å². The van der Waals surface area contributed by atoms with Gasteiger partial charge in [0.2, 0.25) is 5.91 Å². The maximum Gasteiger partial charge on any atom is 0.221 e. The highest BCUT2D eigenvalue weighted by atomic mass is 32.1. The Morgan fingerprint density at radius 1 is 1.21 bits per heavy atom. The van der Waals surface area contributed by atoms with Crippen molar-refractivity contribution in [2.45, 2.75) is 38.8 Å². The van der Waals surface area contributed by atoms with Crippen LogP contribution in [0.15, 0.2) is 48.5 Å². The molecule has 8 heteroatoms. The quantitative estimate of drug-likeness (QED) is 0.462. The van der Waals surface area contributed by atoms with Gasteiger partial charge in [0.05, 0.1) is 13.2 Å². The molecule has 174 valence electrons. The van der Waals surface area contributed by atoms with E-state index in [1.807, 2.05) is 47.9 Å². The molecular formula is C25H31N5O2S. The van der Waals surface area contributed by atoms with Gasteiger partial charge in [-0.3, -0.25) is 19.4 Å². The zero-order valence-corrected chi connectivity index (χ0v) is 20.0. The van der Waals surface area contributed by atoms with E-state index in [-0.39, 0.29) is 11.9 Å². The first-order valence-electron chi connectivity index (χ1n) is 11.4. The average molecular weight is 466 g/mol. The summed E-state index contributed by atoms with van der Waals surface area (Å²) in [6.07, 6.45) is 2.69. The Bertz CT molecular complexity index is 1150. The van der Waals surface area contributed by atoms with E-state index in [2.05, 4.69) is 32.5 Å². The number of likely N-dealkylation sites (tertiary alicyclic amines) is 1. The molecule has 1 atom stereocenters. The molecule has 0 radical (unpaired) electrons. The SMILES string of the molecule is COc1ccccc1C(CNC(=O)CCn1c(-c2cccc(C)c2)n[nH]c1=S)N1CCCC1. The first-order valence-corrected chi connectivity index (χ1v) is 11.8. The molecule has 1 amide bonds. The van der Waals surface area contributed by atoms with E-state index in [4.69, 9.17) is 17.0 Å². The molecular weight excluding hydrogens is 434 g/mol. The molecule has 1 aliphatic heterocycles. The van der Waals surface area contributed by atoms with E-state index in [0.717, 1.165) is 41.4 Å². The summed E-state index contributed by atoms with van der Waals surface area (Å²) >= 11 is 5.42. The molecule has 33 heavy (non-hydrogen) atoms. The molecule has 0 aliphatic carbocycles. The molecule has 1 aromatic heterocycles. The number of para-hydroxylation sites is 1. The predicted molar refractivity (Wildman–Crippen MR) is 132 cm³/mol. The average Bonchev–Trinajstić information content (AvgIpc) is 3.48. The summed E-state index contributed by atoms with van der Waals surface area (Å²) in [5, 5.41) is 10.4. The van der Waals surface area contributed by atoms with E-state index in [1.165, 1.54) is 12.8 Å². The summed E-state index contributed by atoms with van der Waals surface area (Å²) in [6, 6.07) is 16.3. The molecule has 0 bridgehead atoms. The molecule has 3 aromatic rings. The Labute approximate surface area is 199 Å². The molecule has 0 spiro atoms. The number of amides is 1. The van der Waals surface area contributed by atoms with Crippen LogP contribution in [0.2, 0.25) is 0 Å². The number of rotatable bonds is 9. The second-order valence-corrected chi connectivity index (χ2v) is 8.82. The van der Waals surface area contributed by atoms with Crippen molar-refractivity contribution in [2.24, 2.45) is 0 Å². The van der Waals surface area contributed by atoms with Crippen molar-refractivity contribution in [3.63, 3.8) is 0 Å². The Hall–Kier alpha value is -2.97. The fraction of sp³-hybridized carbons (Fsp3) is 0.400. The normalized spacial score (nSPS) is 14.8. The highest BCUT2D eigenvalue weighted by Gasteiger charge is 2.26. The van der Waals surface area contributed by atoms with Crippen LogP contribution in [-0.4, -0.2) is 52.3 Å². The highest BCUT2D eigenvalue weighted by Crippen LogP contribution is 2.31. The second kappa shape index (κ2) is 10.8. The number of aryl methyl sites for hydroxylation is 1. The first kappa shape index (κ1) is 23.2. The van der Waals surface area contributed by atoms with Gasteiger partial charge in [0, 0.05) is 30.6 Å². The third-order valence-corrected chi connectivity index (χ3v) is 6.48. The number of H-pyrrole nitrogens is 1. The number of hydrogen-bond donors (Lipinski definition) is 2. The summed E-state index contributed by atoms with van der Waals surface area (Å²) in [5.41, 5.74) is 3.24. The summed E-state index contributed by atoms with van der Waals surface area (Å²) in [5.74, 6) is 1.60. The molecule has 4 rings (SSSR count). The smallest absolute Gasteiger partial charge is 0.221 e. The lowest BCUT2D eigenvalue weighted by Gasteiger charge is -2.29. The van der Waals surface area contributed by atoms with Crippen LogP contribution in [0.5, 0.6) is 5.75 Å². The van der Waals surface area contributed by atoms with E-state index < -0.39 is 0 Å². The number of aromatic nitrogens is 3. The summed E-state index contributed by atoms with van der Waals surface area (Å²) in [4.78, 5) is 15.2. The van der Waals surface area contributed by atoms with Crippen LogP contribution in [0.1, 0.15) is 36.4 Å². The standard InChI is InChI=1S/C25H31N5O2S/c1-18-8-7-9-19(16-18)24-27-28-25(33)30(24)15-12-23(31)26-17-21(29-13-5-6-14-29)20-10-3-4-11-22(20)32-2/h3-4,7-11,16,21H,5-6,12-15,17H2,1-2H3,(H,26,31)(H,28,33). The molecule has 1 saturated heterocycles. The third kappa shape index (κ3) is 5.51. The zero-order valence-electron chi connectivity index (χ0n) is 19.2. The van der Waals surface area contributed by atoms with E-state index >= 15 is 0 Å². The predicted octanol–water partition coefficient (Wildman–Crippen LogP) is 4.27. The number of carbonyl (C=O) groups excluding carboxylic acids is 1. The van der Waals surface area contributed by atoms with E-state index in [1.54, 1.807) is 7.11 Å². The van der Waals surface area contributed by atoms with Crippen molar-refractivity contribution >= 4 is 18.1 Å². The Kier molecular flexibility index (Phi) is 7.57. The maximum atomic E-state index is 12.8. The van der Waals surface area contributed by atoms with Crippen LogP contribution < -0.4 is 10.1 Å². The number of nitrogens with one attached hydrogen (secondary N) is 2. The number of methoxy groups -OCH3 is 1. The van der Waals surface area contributed by atoms with Gasteiger partial charge in [-0.2, -0.15) is 5.10 Å². The van der Waals surface area contributed by atoms with Crippen LogP contribution in [0, 0.1) is 11.7 Å². The minimum absolute atomic E-state index is 0.00705. The van der Waals surface area contributed by atoms with Crippen molar-refractivity contribution < 1.29 is 9.53 Å². The molecule has 7 nitrogen and oxygen atoms in total. The van der Waals surface area contributed by atoms with Crippen LogP contribution in [0.25, 0.3) is 11.4 Å². The van der Waals surface area contributed by atoms with Crippen LogP contribution in [-0.2, 0) is 11.3 Å². The Morgan fingerprint density at radius 3 is 2.76 bits per heavy atom. The third-order valence-electron chi connectivity index (χ3n) is 6.17. The van der Waals surface area contributed by atoms with Gasteiger partial charge >= 0.3 is 0 Å². The summed E-state index contributed by atoms with van der Waals surface area (Å²) in [6.45, 7) is 5.11. The topological polar surface area (TPSA) is 75.2 Å². The van der Waals surface area contributed by atoms with Gasteiger partial charge in [0.15, 0.2) is 10.6 Å². The fourth-order valence-corrected chi connectivity index (χ4v) is 4.70. The zero-order chi connectivity index (χ0) is 23.2.